The summed E-state index contributed by atoms with van der Waals surface area (Å²) >= 11 is 0. The molecule has 2 N–H and O–H groups in total. The Morgan fingerprint density at radius 2 is 2.06 bits per heavy atom. The van der Waals surface area contributed by atoms with Crippen molar-refractivity contribution >= 4 is 5.82 Å². The van der Waals surface area contributed by atoms with Crippen molar-refractivity contribution in [3.05, 3.63) is 40.6 Å². The Morgan fingerprint density at radius 3 is 2.82 bits per heavy atom. The van der Waals surface area contributed by atoms with E-state index in [4.69, 9.17) is 5.73 Å². The largest absolute Gasteiger partial charge is 0.383 e. The first-order chi connectivity index (χ1) is 8.16. The number of aromatic nitrogens is 2. The monoisotopic (exact) mass is 227 g/mol. The molecule has 0 spiro atoms. The zero-order chi connectivity index (χ0) is 12.0. The van der Waals surface area contributed by atoms with Crippen molar-refractivity contribution in [2.75, 3.05) is 5.73 Å². The molecule has 0 bridgehead atoms. The second-order valence-electron chi connectivity index (χ2n) is 4.87. The Bertz CT molecular complexity index is 581. The Kier molecular flexibility index (Phi) is 2.21. The molecular weight excluding hydrogens is 210 g/mol. The summed E-state index contributed by atoms with van der Waals surface area (Å²) in [6.45, 7) is 4.19. The number of benzene rings is 1. The first-order valence-electron chi connectivity index (χ1n) is 6.10. The molecule has 0 unspecified atom stereocenters. The maximum absolute atomic E-state index is 6.21. The van der Waals surface area contributed by atoms with E-state index in [-0.39, 0.29) is 0 Å². The van der Waals surface area contributed by atoms with Crippen LogP contribution in [0.2, 0.25) is 0 Å². The molecule has 1 aromatic carbocycles. The van der Waals surface area contributed by atoms with Gasteiger partial charge < -0.3 is 5.73 Å². The van der Waals surface area contributed by atoms with Crippen molar-refractivity contribution in [2.24, 2.45) is 0 Å². The molecule has 0 amide bonds. The number of anilines is 1. The molecule has 3 nitrogen and oxygen atoms in total. The molecule has 0 atom stereocenters. The lowest BCUT2D eigenvalue weighted by Gasteiger charge is -2.09. The number of nitrogens with zero attached hydrogens (tertiary/aromatic N) is 2. The van der Waals surface area contributed by atoms with Crippen LogP contribution in [0.1, 0.15) is 28.8 Å². The predicted octanol–water partition coefficient (Wildman–Crippen LogP) is 2.56. The van der Waals surface area contributed by atoms with Crippen LogP contribution in [-0.2, 0) is 12.8 Å². The lowest BCUT2D eigenvalue weighted by molar-refractivity contribution is 0.804. The van der Waals surface area contributed by atoms with Gasteiger partial charge in [-0.05, 0) is 50.3 Å². The van der Waals surface area contributed by atoms with Gasteiger partial charge in [0.15, 0.2) is 0 Å². The van der Waals surface area contributed by atoms with Gasteiger partial charge in [-0.25, -0.2) is 4.68 Å². The van der Waals surface area contributed by atoms with Gasteiger partial charge in [-0.3, -0.25) is 0 Å². The van der Waals surface area contributed by atoms with Crippen molar-refractivity contribution in [3.8, 4) is 5.69 Å². The van der Waals surface area contributed by atoms with E-state index >= 15 is 0 Å². The minimum atomic E-state index is 0.825. The van der Waals surface area contributed by atoms with Gasteiger partial charge in [-0.1, -0.05) is 12.1 Å². The summed E-state index contributed by atoms with van der Waals surface area (Å²) < 4.78 is 1.91. The maximum atomic E-state index is 6.21. The number of nitrogens with two attached hydrogens (primary N) is 1. The smallest absolute Gasteiger partial charge is 0.130 e. The van der Waals surface area contributed by atoms with Crippen LogP contribution in [0.15, 0.2) is 18.2 Å². The van der Waals surface area contributed by atoms with Crippen molar-refractivity contribution in [1.82, 2.24) is 9.78 Å². The molecule has 1 aromatic heterocycles. The third kappa shape index (κ3) is 1.54. The van der Waals surface area contributed by atoms with Crippen molar-refractivity contribution in [1.29, 1.82) is 0 Å². The standard InChI is InChI=1S/C14H17N3/c1-9-6-7-10(2)13(8-9)17-14(15)11-4-3-5-12(11)16-17/h6-8H,3-5,15H2,1-2H3. The second-order valence-corrected chi connectivity index (χ2v) is 4.87. The fourth-order valence-electron chi connectivity index (χ4n) is 2.55. The van der Waals surface area contributed by atoms with Gasteiger partial charge in [0.1, 0.15) is 5.82 Å². The van der Waals surface area contributed by atoms with Gasteiger partial charge >= 0.3 is 0 Å². The normalized spacial score (nSPS) is 14.0. The van der Waals surface area contributed by atoms with E-state index in [1.807, 2.05) is 4.68 Å². The van der Waals surface area contributed by atoms with Crippen LogP contribution >= 0.6 is 0 Å². The summed E-state index contributed by atoms with van der Waals surface area (Å²) in [7, 11) is 0. The molecule has 2 aromatic rings. The molecule has 0 aliphatic heterocycles. The van der Waals surface area contributed by atoms with Crippen LogP contribution in [-0.4, -0.2) is 9.78 Å². The van der Waals surface area contributed by atoms with Gasteiger partial charge in [0.25, 0.3) is 0 Å². The highest BCUT2D eigenvalue weighted by Crippen LogP contribution is 2.29. The number of rotatable bonds is 1. The quantitative estimate of drug-likeness (QED) is 0.813. The maximum Gasteiger partial charge on any atom is 0.130 e. The Morgan fingerprint density at radius 1 is 1.24 bits per heavy atom. The van der Waals surface area contributed by atoms with Crippen molar-refractivity contribution < 1.29 is 0 Å². The highest BCUT2D eigenvalue weighted by atomic mass is 15.3. The second kappa shape index (κ2) is 3.62. The van der Waals surface area contributed by atoms with Crippen LogP contribution in [0.3, 0.4) is 0 Å². The SMILES string of the molecule is Cc1ccc(C)c(-n2nc3c(c2N)CCC3)c1. The molecular formula is C14H17N3. The number of nitrogen functional groups attached to an aromatic ring is 1. The van der Waals surface area contributed by atoms with Gasteiger partial charge in [0.2, 0.25) is 0 Å². The zero-order valence-corrected chi connectivity index (χ0v) is 10.3. The predicted molar refractivity (Wildman–Crippen MR) is 69.5 cm³/mol. The van der Waals surface area contributed by atoms with E-state index in [0.29, 0.717) is 0 Å². The van der Waals surface area contributed by atoms with Crippen LogP contribution in [0.5, 0.6) is 0 Å². The lowest BCUT2D eigenvalue weighted by atomic mass is 10.1. The molecule has 1 aliphatic carbocycles. The van der Waals surface area contributed by atoms with E-state index in [1.54, 1.807) is 0 Å². The summed E-state index contributed by atoms with van der Waals surface area (Å²) in [4.78, 5) is 0. The van der Waals surface area contributed by atoms with Crippen LogP contribution in [0.25, 0.3) is 5.69 Å². The minimum Gasteiger partial charge on any atom is -0.383 e. The molecule has 88 valence electrons. The zero-order valence-electron chi connectivity index (χ0n) is 10.3. The fraction of sp³-hybridized carbons (Fsp3) is 0.357. The first-order valence-corrected chi connectivity index (χ1v) is 6.10. The summed E-state index contributed by atoms with van der Waals surface area (Å²) in [6, 6.07) is 6.39. The molecule has 0 saturated carbocycles. The Labute approximate surface area is 101 Å². The average Bonchev–Trinajstić information content (AvgIpc) is 2.86. The van der Waals surface area contributed by atoms with E-state index in [0.717, 1.165) is 24.3 Å². The molecule has 0 saturated heterocycles. The highest BCUT2D eigenvalue weighted by molar-refractivity contribution is 5.54. The number of aryl methyl sites for hydroxylation is 3. The number of hydrogen-bond acceptors (Lipinski definition) is 2. The molecule has 3 heteroatoms. The molecule has 1 heterocycles. The third-order valence-corrected chi connectivity index (χ3v) is 3.54. The third-order valence-electron chi connectivity index (χ3n) is 3.54. The fourth-order valence-corrected chi connectivity index (χ4v) is 2.55. The van der Waals surface area contributed by atoms with E-state index in [2.05, 4.69) is 37.1 Å². The molecule has 0 radical (unpaired) electrons. The Balaban J connectivity index is 2.19. The molecule has 1 aliphatic rings. The molecule has 0 fully saturated rings. The van der Waals surface area contributed by atoms with Gasteiger partial charge in [-0.15, -0.1) is 0 Å². The first kappa shape index (κ1) is 10.4. The van der Waals surface area contributed by atoms with Gasteiger partial charge in [-0.2, -0.15) is 5.10 Å². The lowest BCUT2D eigenvalue weighted by Crippen LogP contribution is -2.05. The minimum absolute atomic E-state index is 0.825. The average molecular weight is 227 g/mol. The molecule has 17 heavy (non-hydrogen) atoms. The summed E-state index contributed by atoms with van der Waals surface area (Å²) in [5.74, 6) is 0.825. The van der Waals surface area contributed by atoms with Crippen LogP contribution < -0.4 is 5.73 Å². The number of fused-ring (bicyclic) bond motifs is 1. The highest BCUT2D eigenvalue weighted by Gasteiger charge is 2.21. The Hall–Kier alpha value is -1.77. The summed E-state index contributed by atoms with van der Waals surface area (Å²) in [6.07, 6.45) is 3.33. The van der Waals surface area contributed by atoms with Crippen LogP contribution in [0, 0.1) is 13.8 Å². The van der Waals surface area contributed by atoms with Gasteiger partial charge in [0.05, 0.1) is 11.4 Å². The van der Waals surface area contributed by atoms with E-state index in [1.165, 1.54) is 28.8 Å². The van der Waals surface area contributed by atoms with E-state index in [9.17, 15) is 0 Å². The van der Waals surface area contributed by atoms with Crippen molar-refractivity contribution in [3.63, 3.8) is 0 Å². The van der Waals surface area contributed by atoms with Crippen LogP contribution in [0.4, 0.5) is 5.82 Å². The van der Waals surface area contributed by atoms with E-state index < -0.39 is 0 Å². The number of hydrogen-bond donors (Lipinski definition) is 1. The topological polar surface area (TPSA) is 43.8 Å². The molecule has 3 rings (SSSR count). The summed E-state index contributed by atoms with van der Waals surface area (Å²) in [5, 5.41) is 4.65. The van der Waals surface area contributed by atoms with Gasteiger partial charge in [0, 0.05) is 5.56 Å². The van der Waals surface area contributed by atoms with Crippen molar-refractivity contribution in [2.45, 2.75) is 33.1 Å². The summed E-state index contributed by atoms with van der Waals surface area (Å²) in [5.41, 5.74) is 12.2.